The Labute approximate surface area is 236 Å². The summed E-state index contributed by atoms with van der Waals surface area (Å²) < 4.78 is 127. The van der Waals surface area contributed by atoms with Gasteiger partial charge in [0.25, 0.3) is 19.7 Å². The van der Waals surface area contributed by atoms with Gasteiger partial charge in [0.1, 0.15) is 4.91 Å². The molecule has 1 saturated heterocycles. The summed E-state index contributed by atoms with van der Waals surface area (Å²) in [5, 5.41) is 7.82. The summed E-state index contributed by atoms with van der Waals surface area (Å²) in [6.45, 7) is 6.60. The average molecular weight is 628 g/mol. The van der Waals surface area contributed by atoms with Gasteiger partial charge in [0, 0.05) is 18.4 Å². The minimum Gasteiger partial charge on any atom is -0.326 e. The molecule has 228 valence electrons. The van der Waals surface area contributed by atoms with Crippen molar-refractivity contribution in [3.63, 3.8) is 0 Å². The summed E-state index contributed by atoms with van der Waals surface area (Å²) in [6.07, 6.45) is 11.4. The molecule has 1 heterocycles. The Morgan fingerprint density at radius 3 is 1.93 bits per heavy atom. The van der Waals surface area contributed by atoms with Gasteiger partial charge in [0.05, 0.1) is 37.3 Å². The quantitative estimate of drug-likeness (QED) is 0.196. The first-order chi connectivity index (χ1) is 18.9. The number of nitrogens with zero attached hydrogens (tertiary/aromatic N) is 1. The molecule has 1 aromatic carbocycles. The maximum absolute atomic E-state index is 13.0. The second-order valence-corrected chi connectivity index (χ2v) is 14.4. The van der Waals surface area contributed by atoms with E-state index >= 15 is 0 Å². The smallest absolute Gasteiger partial charge is 0.326 e. The Balaban J connectivity index is 0.000000298. The molecule has 0 bridgehead atoms. The summed E-state index contributed by atoms with van der Waals surface area (Å²) in [5.74, 6) is 0. The van der Waals surface area contributed by atoms with Gasteiger partial charge in [-0.3, -0.25) is 5.41 Å². The van der Waals surface area contributed by atoms with E-state index in [1.807, 2.05) is 0 Å². The molecule has 0 unspecified atom stereocenters. The highest BCUT2D eigenvalue weighted by Crippen LogP contribution is 2.47. The Kier molecular flexibility index (Phi) is 9.71. The van der Waals surface area contributed by atoms with Crippen LogP contribution in [-0.4, -0.2) is 64.7 Å². The molecule has 1 aromatic rings. The SMILES string of the molecule is CCCCCCC[N+]1(C)CCCC1.N=C1C2=Cc3ccccc3C2=CC(S(=O)(=O)C(F)(F)F)=C1S(=O)(=O)C(F)(F)F. The van der Waals surface area contributed by atoms with Crippen molar-refractivity contribution in [2.75, 3.05) is 26.7 Å². The van der Waals surface area contributed by atoms with Crippen LogP contribution < -0.4 is 0 Å². The molecule has 1 N–H and O–H groups in total. The van der Waals surface area contributed by atoms with Crippen molar-refractivity contribution >= 4 is 37.0 Å². The highest BCUT2D eigenvalue weighted by atomic mass is 32.2. The van der Waals surface area contributed by atoms with Gasteiger partial charge >= 0.3 is 11.0 Å². The molecule has 0 saturated carbocycles. The van der Waals surface area contributed by atoms with Crippen LogP contribution in [0.4, 0.5) is 26.3 Å². The average Bonchev–Trinajstić information content (AvgIpc) is 3.47. The summed E-state index contributed by atoms with van der Waals surface area (Å²) in [5.41, 5.74) is -13.9. The standard InChI is InChI=1S/C15H7F6NO4S2.C12H26N/c16-14(17,18)27(23,24)11-6-9-8-4-2-1-3-7(8)5-10(9)12(22)13(11)28(25,26)15(19,20)21;1-3-4-5-6-7-10-13(2)11-8-9-12-13/h1-6,22H;3-12H2,1-2H3/q;+1. The molecule has 0 radical (unpaired) electrons. The maximum Gasteiger partial charge on any atom is 0.502 e. The molecule has 2 aliphatic carbocycles. The number of quaternary nitrogens is 1. The van der Waals surface area contributed by atoms with Crippen LogP contribution in [0, 0.1) is 5.41 Å². The number of likely N-dealkylation sites (tertiary alicyclic amines) is 1. The van der Waals surface area contributed by atoms with Crippen LogP contribution in [-0.2, 0) is 19.7 Å². The van der Waals surface area contributed by atoms with E-state index in [0.717, 1.165) is 6.08 Å². The van der Waals surface area contributed by atoms with E-state index in [2.05, 4.69) is 14.0 Å². The zero-order valence-corrected chi connectivity index (χ0v) is 24.3. The first-order valence-corrected chi connectivity index (χ1v) is 16.2. The van der Waals surface area contributed by atoms with E-state index in [1.165, 1.54) is 93.3 Å². The van der Waals surface area contributed by atoms with E-state index in [1.54, 1.807) is 0 Å². The lowest BCUT2D eigenvalue weighted by atomic mass is 9.95. The first kappa shape index (κ1) is 33.1. The van der Waals surface area contributed by atoms with Crippen LogP contribution in [0.15, 0.2) is 45.7 Å². The Bertz CT molecular complexity index is 1480. The van der Waals surface area contributed by atoms with Gasteiger partial charge in [-0.2, -0.15) is 26.3 Å². The second-order valence-electron chi connectivity index (χ2n) is 10.6. The molecule has 6 nitrogen and oxygen atoms in total. The van der Waals surface area contributed by atoms with Gasteiger partial charge in [-0.25, -0.2) is 16.8 Å². The zero-order chi connectivity index (χ0) is 30.9. The van der Waals surface area contributed by atoms with Crippen molar-refractivity contribution in [2.45, 2.75) is 62.9 Å². The molecular weight excluding hydrogens is 594 g/mol. The lowest BCUT2D eigenvalue weighted by Gasteiger charge is -2.29. The van der Waals surface area contributed by atoms with Gasteiger partial charge in [0.15, 0.2) is 0 Å². The van der Waals surface area contributed by atoms with Gasteiger partial charge in [0.2, 0.25) is 0 Å². The lowest BCUT2D eigenvalue weighted by Crippen LogP contribution is -2.41. The predicted molar refractivity (Wildman–Crippen MR) is 146 cm³/mol. The summed E-state index contributed by atoms with van der Waals surface area (Å²) >= 11 is 0. The van der Waals surface area contributed by atoms with Crippen LogP contribution in [0.5, 0.6) is 0 Å². The minimum absolute atomic E-state index is 0.153. The number of halogens is 6. The van der Waals surface area contributed by atoms with Crippen molar-refractivity contribution in [3.8, 4) is 0 Å². The number of rotatable bonds is 8. The van der Waals surface area contributed by atoms with Crippen molar-refractivity contribution in [3.05, 3.63) is 56.9 Å². The topological polar surface area (TPSA) is 92.1 Å². The van der Waals surface area contributed by atoms with Gasteiger partial charge in [-0.15, -0.1) is 0 Å². The van der Waals surface area contributed by atoms with Gasteiger partial charge in [-0.1, -0.05) is 50.5 Å². The lowest BCUT2D eigenvalue weighted by molar-refractivity contribution is -0.897. The van der Waals surface area contributed by atoms with Crippen LogP contribution in [0.2, 0.25) is 0 Å². The molecular formula is C27H33F6N2O4S2+. The molecule has 1 aliphatic heterocycles. The van der Waals surface area contributed by atoms with Crippen LogP contribution >= 0.6 is 0 Å². The van der Waals surface area contributed by atoms with Gasteiger partial charge < -0.3 is 4.48 Å². The fourth-order valence-electron chi connectivity index (χ4n) is 5.18. The van der Waals surface area contributed by atoms with Crippen molar-refractivity contribution in [1.29, 1.82) is 5.41 Å². The third-order valence-corrected chi connectivity index (χ3v) is 10.7. The van der Waals surface area contributed by atoms with E-state index in [0.29, 0.717) is 0 Å². The van der Waals surface area contributed by atoms with E-state index in [-0.39, 0.29) is 22.8 Å². The number of alkyl halides is 6. The fraction of sp³-hybridized carbons (Fsp3) is 0.519. The highest BCUT2D eigenvalue weighted by Gasteiger charge is 2.57. The molecule has 1 fully saturated rings. The molecule has 0 atom stereocenters. The van der Waals surface area contributed by atoms with Gasteiger partial charge in [-0.05, 0) is 41.7 Å². The molecule has 0 aromatic heterocycles. The Hall–Kier alpha value is -2.45. The van der Waals surface area contributed by atoms with Crippen LogP contribution in [0.1, 0.15) is 63.0 Å². The molecule has 0 spiro atoms. The Morgan fingerprint density at radius 2 is 1.37 bits per heavy atom. The molecule has 0 amide bonds. The first-order valence-electron chi connectivity index (χ1n) is 13.2. The summed E-state index contributed by atoms with van der Waals surface area (Å²) in [6, 6.07) is 5.69. The van der Waals surface area contributed by atoms with E-state index in [4.69, 9.17) is 5.41 Å². The zero-order valence-electron chi connectivity index (χ0n) is 22.7. The second kappa shape index (κ2) is 12.0. The minimum atomic E-state index is -6.58. The third kappa shape index (κ3) is 6.80. The summed E-state index contributed by atoms with van der Waals surface area (Å²) in [7, 11) is -10.6. The largest absolute Gasteiger partial charge is 0.502 e. The highest BCUT2D eigenvalue weighted by molar-refractivity contribution is 8.00. The number of allylic oxidation sites excluding steroid dienone is 4. The summed E-state index contributed by atoms with van der Waals surface area (Å²) in [4.78, 5) is -4.38. The molecule has 3 aliphatic rings. The number of unbranched alkanes of at least 4 members (excludes halogenated alkanes) is 4. The number of hydrogen-bond donors (Lipinski definition) is 1. The molecule has 41 heavy (non-hydrogen) atoms. The number of benzene rings is 1. The van der Waals surface area contributed by atoms with Crippen molar-refractivity contribution in [1.82, 2.24) is 0 Å². The molecule has 4 rings (SSSR count). The number of hydrogen-bond acceptors (Lipinski definition) is 5. The van der Waals surface area contributed by atoms with Crippen molar-refractivity contribution < 1.29 is 47.7 Å². The van der Waals surface area contributed by atoms with E-state index in [9.17, 15) is 43.2 Å². The van der Waals surface area contributed by atoms with Crippen molar-refractivity contribution in [2.24, 2.45) is 0 Å². The number of sulfone groups is 2. The molecule has 14 heteroatoms. The van der Waals surface area contributed by atoms with Crippen LogP contribution in [0.25, 0.3) is 11.6 Å². The monoisotopic (exact) mass is 627 g/mol. The normalized spacial score (nSPS) is 18.8. The Morgan fingerprint density at radius 1 is 0.805 bits per heavy atom. The van der Waals surface area contributed by atoms with Crippen LogP contribution in [0.3, 0.4) is 0 Å². The maximum atomic E-state index is 13.0. The predicted octanol–water partition coefficient (Wildman–Crippen LogP) is 6.78. The van der Waals surface area contributed by atoms with E-state index < -0.39 is 51.8 Å². The third-order valence-electron chi connectivity index (χ3n) is 7.45. The number of fused-ring (bicyclic) bond motifs is 3. The fourth-order valence-corrected chi connectivity index (χ4v) is 7.64. The number of nitrogens with one attached hydrogen (secondary N) is 1.